The standard InChI is InChI=1S/C7H17N2O2P/c1-7(2)5-3-4-6-9(7)11-12(8)10/h10H,3-6,8H2,1-2H3. The Morgan fingerprint density at radius 2 is 2.17 bits per heavy atom. The number of rotatable bonds is 2. The highest BCUT2D eigenvalue weighted by atomic mass is 31.2. The van der Waals surface area contributed by atoms with Crippen molar-refractivity contribution >= 4 is 8.53 Å². The van der Waals surface area contributed by atoms with Crippen molar-refractivity contribution in [3.8, 4) is 0 Å². The Bertz CT molecular complexity index is 152. The summed E-state index contributed by atoms with van der Waals surface area (Å²) in [6.07, 6.45) is 3.43. The molecule has 0 amide bonds. The summed E-state index contributed by atoms with van der Waals surface area (Å²) in [6.45, 7) is 5.07. The van der Waals surface area contributed by atoms with E-state index in [0.717, 1.165) is 19.4 Å². The van der Waals surface area contributed by atoms with Crippen LogP contribution < -0.4 is 5.50 Å². The van der Waals surface area contributed by atoms with Gasteiger partial charge in [-0.15, -0.1) is 0 Å². The lowest BCUT2D eigenvalue weighted by molar-refractivity contribution is -0.149. The molecule has 1 fully saturated rings. The lowest BCUT2D eigenvalue weighted by atomic mass is 9.93. The summed E-state index contributed by atoms with van der Waals surface area (Å²) < 4.78 is 5.14. The SMILES string of the molecule is CC1(C)CCCCN1OP(N)O. The molecule has 5 heteroatoms. The number of nitrogens with two attached hydrogens (primary N) is 1. The highest BCUT2D eigenvalue weighted by molar-refractivity contribution is 7.43. The summed E-state index contributed by atoms with van der Waals surface area (Å²) in [6, 6.07) is 0. The van der Waals surface area contributed by atoms with Crippen molar-refractivity contribution in [2.24, 2.45) is 5.50 Å². The van der Waals surface area contributed by atoms with Gasteiger partial charge in [0.05, 0.1) is 0 Å². The van der Waals surface area contributed by atoms with E-state index in [2.05, 4.69) is 13.8 Å². The Morgan fingerprint density at radius 1 is 1.50 bits per heavy atom. The Balaban J connectivity index is 2.48. The normalized spacial score (nSPS) is 27.0. The van der Waals surface area contributed by atoms with Crippen LogP contribution in [0, 0.1) is 0 Å². The zero-order valence-corrected chi connectivity index (χ0v) is 8.55. The maximum atomic E-state index is 8.92. The van der Waals surface area contributed by atoms with E-state index in [1.165, 1.54) is 6.42 Å². The van der Waals surface area contributed by atoms with Crippen molar-refractivity contribution in [3.63, 3.8) is 0 Å². The minimum absolute atomic E-state index is 0.0148. The van der Waals surface area contributed by atoms with Crippen LogP contribution in [0.15, 0.2) is 0 Å². The monoisotopic (exact) mass is 192 g/mol. The van der Waals surface area contributed by atoms with Crippen molar-refractivity contribution in [1.29, 1.82) is 0 Å². The van der Waals surface area contributed by atoms with Gasteiger partial charge in [0.15, 0.2) is 0 Å². The van der Waals surface area contributed by atoms with Crippen LogP contribution in [0.5, 0.6) is 0 Å². The van der Waals surface area contributed by atoms with Crippen LogP contribution >= 0.6 is 8.53 Å². The van der Waals surface area contributed by atoms with Crippen LogP contribution in [0.2, 0.25) is 0 Å². The summed E-state index contributed by atoms with van der Waals surface area (Å²) in [5.74, 6) is 0. The maximum Gasteiger partial charge on any atom is 0.268 e. The predicted octanol–water partition coefficient (Wildman–Crippen LogP) is 1.36. The van der Waals surface area contributed by atoms with Crippen molar-refractivity contribution < 1.29 is 9.52 Å². The average Bonchev–Trinajstić information content (AvgIpc) is 1.92. The lowest BCUT2D eigenvalue weighted by Gasteiger charge is -2.40. The van der Waals surface area contributed by atoms with Crippen LogP contribution in [0.1, 0.15) is 33.1 Å². The van der Waals surface area contributed by atoms with Gasteiger partial charge >= 0.3 is 0 Å². The quantitative estimate of drug-likeness (QED) is 0.648. The van der Waals surface area contributed by atoms with E-state index < -0.39 is 8.53 Å². The van der Waals surface area contributed by atoms with Crippen LogP contribution in [0.4, 0.5) is 0 Å². The molecule has 0 aromatic rings. The Hall–Kier alpha value is 0.270. The zero-order chi connectivity index (χ0) is 9.19. The van der Waals surface area contributed by atoms with Crippen LogP contribution in [-0.2, 0) is 4.62 Å². The summed E-state index contributed by atoms with van der Waals surface area (Å²) >= 11 is 0. The molecule has 1 unspecified atom stereocenters. The van der Waals surface area contributed by atoms with Gasteiger partial charge in [0.25, 0.3) is 8.53 Å². The summed E-state index contributed by atoms with van der Waals surface area (Å²) in [5.41, 5.74) is 5.22. The fourth-order valence-corrected chi connectivity index (χ4v) is 2.00. The highest BCUT2D eigenvalue weighted by Crippen LogP contribution is 2.33. The van der Waals surface area contributed by atoms with E-state index >= 15 is 0 Å². The second-order valence-corrected chi connectivity index (χ2v) is 4.52. The lowest BCUT2D eigenvalue weighted by Crippen LogP contribution is -2.46. The fraction of sp³-hybridized carbons (Fsp3) is 1.00. The number of hydroxylamine groups is 2. The van der Waals surface area contributed by atoms with Crippen LogP contribution in [-0.4, -0.2) is 22.0 Å². The molecule has 0 spiro atoms. The minimum Gasteiger partial charge on any atom is -0.337 e. The van der Waals surface area contributed by atoms with Gasteiger partial charge in [-0.1, -0.05) is 6.42 Å². The molecule has 1 aliphatic rings. The molecular formula is C7H17N2O2P. The zero-order valence-electron chi connectivity index (χ0n) is 7.66. The second kappa shape index (κ2) is 3.99. The first-order chi connectivity index (χ1) is 5.52. The van der Waals surface area contributed by atoms with Crippen molar-refractivity contribution in [1.82, 2.24) is 5.06 Å². The molecule has 1 heterocycles. The number of hydrogen-bond donors (Lipinski definition) is 2. The van der Waals surface area contributed by atoms with Gasteiger partial charge in [-0.2, -0.15) is 5.06 Å². The molecule has 0 saturated carbocycles. The van der Waals surface area contributed by atoms with Gasteiger partial charge in [0.2, 0.25) is 0 Å². The summed E-state index contributed by atoms with van der Waals surface area (Å²) in [7, 11) is -1.76. The van der Waals surface area contributed by atoms with Crippen molar-refractivity contribution in [3.05, 3.63) is 0 Å². The molecule has 0 radical (unpaired) electrons. The molecular weight excluding hydrogens is 175 g/mol. The van der Waals surface area contributed by atoms with Crippen LogP contribution in [0.3, 0.4) is 0 Å². The topological polar surface area (TPSA) is 58.7 Å². The number of nitrogens with zero attached hydrogens (tertiary/aromatic N) is 1. The first kappa shape index (κ1) is 10.4. The third kappa shape index (κ3) is 2.64. The van der Waals surface area contributed by atoms with E-state index in [9.17, 15) is 0 Å². The summed E-state index contributed by atoms with van der Waals surface area (Å²) in [5, 5.41) is 1.81. The van der Waals surface area contributed by atoms with E-state index in [1.807, 2.05) is 5.06 Å². The van der Waals surface area contributed by atoms with E-state index in [4.69, 9.17) is 15.0 Å². The fourth-order valence-electron chi connectivity index (χ4n) is 1.49. The van der Waals surface area contributed by atoms with Crippen LogP contribution in [0.25, 0.3) is 0 Å². The highest BCUT2D eigenvalue weighted by Gasteiger charge is 2.31. The maximum absolute atomic E-state index is 8.92. The van der Waals surface area contributed by atoms with E-state index in [0.29, 0.717) is 0 Å². The Kier molecular flexibility index (Phi) is 3.44. The third-order valence-electron chi connectivity index (χ3n) is 2.26. The van der Waals surface area contributed by atoms with Gasteiger partial charge in [0.1, 0.15) is 0 Å². The minimum atomic E-state index is -1.76. The largest absolute Gasteiger partial charge is 0.337 e. The predicted molar refractivity (Wildman–Crippen MR) is 49.0 cm³/mol. The van der Waals surface area contributed by atoms with Crippen molar-refractivity contribution in [2.75, 3.05) is 6.54 Å². The molecule has 0 aliphatic carbocycles. The molecule has 0 bridgehead atoms. The van der Waals surface area contributed by atoms with E-state index in [-0.39, 0.29) is 5.54 Å². The molecule has 1 aliphatic heterocycles. The first-order valence-electron chi connectivity index (χ1n) is 4.22. The molecule has 3 N–H and O–H groups in total. The third-order valence-corrected chi connectivity index (χ3v) is 2.62. The smallest absolute Gasteiger partial charge is 0.268 e. The molecule has 1 rings (SSSR count). The molecule has 1 saturated heterocycles. The van der Waals surface area contributed by atoms with E-state index in [1.54, 1.807) is 0 Å². The molecule has 1 atom stereocenters. The average molecular weight is 192 g/mol. The van der Waals surface area contributed by atoms with Gasteiger partial charge < -0.3 is 4.89 Å². The molecule has 0 aromatic carbocycles. The van der Waals surface area contributed by atoms with Gasteiger partial charge in [-0.3, -0.25) is 5.50 Å². The first-order valence-corrected chi connectivity index (χ1v) is 5.50. The van der Waals surface area contributed by atoms with Gasteiger partial charge in [-0.05, 0) is 26.7 Å². The Morgan fingerprint density at radius 3 is 2.67 bits per heavy atom. The second-order valence-electron chi connectivity index (χ2n) is 3.76. The molecule has 4 nitrogen and oxygen atoms in total. The van der Waals surface area contributed by atoms with Crippen molar-refractivity contribution in [2.45, 2.75) is 38.6 Å². The molecule has 72 valence electrons. The molecule has 12 heavy (non-hydrogen) atoms. The number of hydrogen-bond acceptors (Lipinski definition) is 4. The Labute approximate surface area is 74.6 Å². The number of piperidine rings is 1. The van der Waals surface area contributed by atoms with Gasteiger partial charge in [0, 0.05) is 12.1 Å². The van der Waals surface area contributed by atoms with Gasteiger partial charge in [-0.25, -0.2) is 4.62 Å². The summed E-state index contributed by atoms with van der Waals surface area (Å²) in [4.78, 5) is 8.92. The molecule has 0 aromatic heterocycles.